The molecule has 3 N–H and O–H groups in total. The highest BCUT2D eigenvalue weighted by atomic mass is 16.1. The zero-order valence-electron chi connectivity index (χ0n) is 10.5. The van der Waals surface area contributed by atoms with Crippen LogP contribution in [0.2, 0.25) is 0 Å². The van der Waals surface area contributed by atoms with Crippen LogP contribution in [0.25, 0.3) is 0 Å². The van der Waals surface area contributed by atoms with Crippen LogP contribution in [0.15, 0.2) is 12.1 Å². The van der Waals surface area contributed by atoms with E-state index in [1.54, 1.807) is 6.07 Å². The fraction of sp³-hybridized carbons (Fsp3) is 0.357. The van der Waals surface area contributed by atoms with E-state index in [4.69, 9.17) is 12.2 Å². The number of nitrogens with one attached hydrogen (secondary N) is 1. The van der Waals surface area contributed by atoms with Gasteiger partial charge in [0.05, 0.1) is 0 Å². The molecule has 1 unspecified atom stereocenters. The number of carbonyl (C=O) groups excluding carboxylic acids is 1. The predicted molar refractivity (Wildman–Crippen MR) is 70.7 cm³/mol. The van der Waals surface area contributed by atoms with E-state index in [9.17, 15) is 4.79 Å². The van der Waals surface area contributed by atoms with E-state index in [1.165, 1.54) is 0 Å². The van der Waals surface area contributed by atoms with Crippen molar-refractivity contribution in [1.29, 1.82) is 0 Å². The normalized spacial score (nSPS) is 11.6. The third-order valence-electron chi connectivity index (χ3n) is 2.66. The second-order valence-electron chi connectivity index (χ2n) is 4.31. The summed E-state index contributed by atoms with van der Waals surface area (Å²) in [6.45, 7) is 5.70. The third kappa shape index (κ3) is 3.25. The molecule has 0 bridgehead atoms. The van der Waals surface area contributed by atoms with E-state index < -0.39 is 0 Å². The fourth-order valence-corrected chi connectivity index (χ4v) is 1.64. The van der Waals surface area contributed by atoms with Gasteiger partial charge in [0.25, 0.3) is 5.91 Å². The first-order valence-electron chi connectivity index (χ1n) is 5.56. The number of hydrogen-bond acceptors (Lipinski definition) is 2. The Hall–Kier alpha value is -1.95. The van der Waals surface area contributed by atoms with Crippen LogP contribution in [-0.4, -0.2) is 11.9 Å². The number of benzene rings is 1. The first kappa shape index (κ1) is 13.1. The van der Waals surface area contributed by atoms with Crippen LogP contribution in [0, 0.1) is 26.2 Å². The number of nitrogen functional groups attached to an aromatic ring is 1. The van der Waals surface area contributed by atoms with E-state index in [0.29, 0.717) is 17.7 Å². The van der Waals surface area contributed by atoms with Gasteiger partial charge in [-0.15, -0.1) is 12.3 Å². The van der Waals surface area contributed by atoms with Crippen molar-refractivity contribution in [3.05, 3.63) is 28.8 Å². The Balaban J connectivity index is 2.90. The molecule has 0 spiro atoms. The Morgan fingerprint density at radius 1 is 1.47 bits per heavy atom. The van der Waals surface area contributed by atoms with Gasteiger partial charge < -0.3 is 11.1 Å². The zero-order chi connectivity index (χ0) is 13.0. The quantitative estimate of drug-likeness (QED) is 0.616. The highest BCUT2D eigenvalue weighted by molar-refractivity contribution is 5.96. The molecular formula is C14H18N2O. The van der Waals surface area contributed by atoms with Crippen LogP contribution < -0.4 is 11.1 Å². The molecule has 0 aliphatic rings. The average molecular weight is 230 g/mol. The molecular weight excluding hydrogens is 212 g/mol. The highest BCUT2D eigenvalue weighted by Crippen LogP contribution is 2.17. The second kappa shape index (κ2) is 5.40. The molecule has 3 heteroatoms. The van der Waals surface area contributed by atoms with Crippen LogP contribution in [0.4, 0.5) is 5.69 Å². The van der Waals surface area contributed by atoms with Gasteiger partial charge in [-0.25, -0.2) is 0 Å². The minimum atomic E-state index is -0.128. The van der Waals surface area contributed by atoms with Crippen LogP contribution in [-0.2, 0) is 0 Å². The summed E-state index contributed by atoms with van der Waals surface area (Å²) >= 11 is 0. The molecule has 1 atom stereocenters. The molecule has 1 rings (SSSR count). The van der Waals surface area contributed by atoms with Gasteiger partial charge in [0.15, 0.2) is 0 Å². The van der Waals surface area contributed by atoms with Crippen molar-refractivity contribution in [2.75, 3.05) is 5.73 Å². The Morgan fingerprint density at radius 2 is 2.12 bits per heavy atom. The lowest BCUT2D eigenvalue weighted by Crippen LogP contribution is -2.32. The molecule has 0 radical (unpaired) electrons. The van der Waals surface area contributed by atoms with Gasteiger partial charge in [-0.1, -0.05) is 6.07 Å². The standard InChI is InChI=1S/C14H18N2O/c1-5-6-11(4)16-14(17)12-8-13(15)10(3)7-9(12)2/h1,7-8,11H,6,15H2,2-4H3,(H,16,17). The molecule has 0 heterocycles. The number of rotatable bonds is 3. The first-order chi connectivity index (χ1) is 7.95. The molecule has 17 heavy (non-hydrogen) atoms. The summed E-state index contributed by atoms with van der Waals surface area (Å²) in [5.41, 5.74) is 8.94. The smallest absolute Gasteiger partial charge is 0.251 e. The summed E-state index contributed by atoms with van der Waals surface area (Å²) in [5, 5.41) is 2.85. The van der Waals surface area contributed by atoms with Crippen LogP contribution in [0.1, 0.15) is 34.8 Å². The van der Waals surface area contributed by atoms with Crippen molar-refractivity contribution in [2.24, 2.45) is 0 Å². The van der Waals surface area contributed by atoms with E-state index in [-0.39, 0.29) is 11.9 Å². The van der Waals surface area contributed by atoms with Crippen molar-refractivity contribution in [3.63, 3.8) is 0 Å². The predicted octanol–water partition coefficient (Wildman–Crippen LogP) is 2.03. The molecule has 0 aliphatic carbocycles. The maximum absolute atomic E-state index is 12.0. The lowest BCUT2D eigenvalue weighted by Gasteiger charge is -2.13. The summed E-state index contributed by atoms with van der Waals surface area (Å²) in [6, 6.07) is 3.59. The maximum Gasteiger partial charge on any atom is 0.251 e. The Labute approximate surface area is 102 Å². The SMILES string of the molecule is C#CCC(C)NC(=O)c1cc(N)c(C)cc1C. The molecule has 1 aromatic rings. The maximum atomic E-state index is 12.0. The van der Waals surface area contributed by atoms with E-state index >= 15 is 0 Å². The summed E-state index contributed by atoms with van der Waals surface area (Å²) in [6.07, 6.45) is 5.72. The Kier molecular flexibility index (Phi) is 4.17. The van der Waals surface area contributed by atoms with Crippen molar-refractivity contribution >= 4 is 11.6 Å². The van der Waals surface area contributed by atoms with Gasteiger partial charge in [-0.05, 0) is 38.0 Å². The molecule has 1 amide bonds. The van der Waals surface area contributed by atoms with Gasteiger partial charge in [-0.2, -0.15) is 0 Å². The van der Waals surface area contributed by atoms with Crippen LogP contribution in [0.3, 0.4) is 0 Å². The Morgan fingerprint density at radius 3 is 2.71 bits per heavy atom. The molecule has 0 saturated heterocycles. The molecule has 3 nitrogen and oxygen atoms in total. The topological polar surface area (TPSA) is 55.1 Å². The summed E-state index contributed by atoms with van der Waals surface area (Å²) in [5.74, 6) is 2.39. The average Bonchev–Trinajstić information content (AvgIpc) is 2.23. The molecule has 1 aromatic carbocycles. The molecule has 90 valence electrons. The number of aryl methyl sites for hydroxylation is 2. The third-order valence-corrected chi connectivity index (χ3v) is 2.66. The molecule has 0 fully saturated rings. The van der Waals surface area contributed by atoms with Gasteiger partial charge in [0, 0.05) is 23.7 Å². The van der Waals surface area contributed by atoms with Gasteiger partial charge in [-0.3, -0.25) is 4.79 Å². The van der Waals surface area contributed by atoms with E-state index in [2.05, 4.69) is 11.2 Å². The van der Waals surface area contributed by atoms with Crippen LogP contribution in [0.5, 0.6) is 0 Å². The van der Waals surface area contributed by atoms with Gasteiger partial charge in [0.2, 0.25) is 0 Å². The van der Waals surface area contributed by atoms with E-state index in [0.717, 1.165) is 11.1 Å². The minimum Gasteiger partial charge on any atom is -0.398 e. The number of nitrogens with two attached hydrogens (primary N) is 1. The first-order valence-corrected chi connectivity index (χ1v) is 5.56. The second-order valence-corrected chi connectivity index (χ2v) is 4.31. The monoisotopic (exact) mass is 230 g/mol. The van der Waals surface area contributed by atoms with E-state index in [1.807, 2.05) is 26.8 Å². The summed E-state index contributed by atoms with van der Waals surface area (Å²) in [4.78, 5) is 12.0. The lowest BCUT2D eigenvalue weighted by molar-refractivity contribution is 0.0940. The van der Waals surface area contributed by atoms with Crippen LogP contribution >= 0.6 is 0 Å². The van der Waals surface area contributed by atoms with Gasteiger partial charge >= 0.3 is 0 Å². The molecule has 0 saturated carbocycles. The number of terminal acetylenes is 1. The van der Waals surface area contributed by atoms with Crippen molar-refractivity contribution in [3.8, 4) is 12.3 Å². The summed E-state index contributed by atoms with van der Waals surface area (Å²) in [7, 11) is 0. The minimum absolute atomic E-state index is 0.0329. The van der Waals surface area contributed by atoms with Crippen molar-refractivity contribution in [2.45, 2.75) is 33.2 Å². The largest absolute Gasteiger partial charge is 0.398 e. The Bertz CT molecular complexity index is 472. The molecule has 0 aromatic heterocycles. The zero-order valence-corrected chi connectivity index (χ0v) is 10.5. The van der Waals surface area contributed by atoms with Crippen molar-refractivity contribution in [1.82, 2.24) is 5.32 Å². The van der Waals surface area contributed by atoms with Crippen molar-refractivity contribution < 1.29 is 4.79 Å². The lowest BCUT2D eigenvalue weighted by atomic mass is 10.0. The number of carbonyl (C=O) groups is 1. The molecule has 0 aliphatic heterocycles. The highest BCUT2D eigenvalue weighted by Gasteiger charge is 2.12. The summed E-state index contributed by atoms with van der Waals surface area (Å²) < 4.78 is 0. The van der Waals surface area contributed by atoms with Gasteiger partial charge in [0.1, 0.15) is 0 Å². The number of amides is 1. The number of anilines is 1. The fourth-order valence-electron chi connectivity index (χ4n) is 1.64. The number of hydrogen-bond donors (Lipinski definition) is 2.